The van der Waals surface area contributed by atoms with E-state index in [9.17, 15) is 13.2 Å². The quantitative estimate of drug-likeness (QED) is 0.775. The Hall–Kier alpha value is -1.08. The summed E-state index contributed by atoms with van der Waals surface area (Å²) in [5.41, 5.74) is 1.10. The van der Waals surface area contributed by atoms with E-state index in [1.807, 2.05) is 6.92 Å². The number of hydrogen-bond acceptors (Lipinski definition) is 3. The van der Waals surface area contributed by atoms with Crippen LogP contribution >= 0.6 is 15.9 Å². The molecule has 1 rings (SSSR count). The van der Waals surface area contributed by atoms with Crippen molar-refractivity contribution in [2.75, 3.05) is 15.8 Å². The van der Waals surface area contributed by atoms with Gasteiger partial charge in [0, 0.05) is 11.4 Å². The van der Waals surface area contributed by atoms with Gasteiger partial charge in [0.25, 0.3) is 0 Å². The van der Waals surface area contributed by atoms with Crippen molar-refractivity contribution in [3.05, 3.63) is 24.3 Å². The molecule has 0 aliphatic rings. The van der Waals surface area contributed by atoms with E-state index in [1.165, 1.54) is 0 Å². The largest absolute Gasteiger partial charge is 0.325 e. The van der Waals surface area contributed by atoms with Crippen LogP contribution in [0.4, 0.5) is 11.4 Å². The third kappa shape index (κ3) is 5.20. The average Bonchev–Trinajstić information content (AvgIpc) is 2.39. The molecule has 0 aromatic heterocycles. The highest BCUT2D eigenvalue weighted by Crippen LogP contribution is 2.16. The van der Waals surface area contributed by atoms with Crippen molar-refractivity contribution in [3.8, 4) is 0 Å². The Morgan fingerprint density at radius 1 is 1.21 bits per heavy atom. The van der Waals surface area contributed by atoms with E-state index in [2.05, 4.69) is 26.0 Å². The number of anilines is 2. The fraction of sp³-hybridized carbons (Fsp3) is 0.417. The smallest absolute Gasteiger partial charge is 0.238 e. The maximum Gasteiger partial charge on any atom is 0.238 e. The molecule has 0 saturated heterocycles. The Morgan fingerprint density at radius 3 is 2.21 bits per heavy atom. The number of rotatable bonds is 6. The normalized spacial score (nSPS) is 12.8. The van der Waals surface area contributed by atoms with Gasteiger partial charge in [0.2, 0.25) is 15.9 Å². The van der Waals surface area contributed by atoms with E-state index in [-0.39, 0.29) is 16.5 Å². The van der Waals surface area contributed by atoms with Crippen molar-refractivity contribution in [2.24, 2.45) is 0 Å². The molecule has 1 unspecified atom stereocenters. The van der Waals surface area contributed by atoms with Crippen LogP contribution in [0.3, 0.4) is 0 Å². The van der Waals surface area contributed by atoms with Crippen LogP contribution in [0.25, 0.3) is 0 Å². The van der Waals surface area contributed by atoms with Crippen molar-refractivity contribution in [1.29, 1.82) is 0 Å². The number of carbonyl (C=O) groups excluding carboxylic acids is 1. The van der Waals surface area contributed by atoms with Crippen LogP contribution in [0.5, 0.6) is 0 Å². The van der Waals surface area contributed by atoms with Gasteiger partial charge in [0.05, 0.1) is 10.6 Å². The fourth-order valence-electron chi connectivity index (χ4n) is 1.28. The lowest BCUT2D eigenvalue weighted by molar-refractivity contribution is -0.115. The van der Waals surface area contributed by atoms with E-state index < -0.39 is 10.0 Å². The highest BCUT2D eigenvalue weighted by atomic mass is 79.9. The van der Waals surface area contributed by atoms with Crippen molar-refractivity contribution in [1.82, 2.24) is 0 Å². The minimum absolute atomic E-state index is 0.0211. The maximum absolute atomic E-state index is 11.6. The van der Waals surface area contributed by atoms with E-state index >= 15 is 0 Å². The minimum atomic E-state index is -3.27. The molecule has 0 bridgehead atoms. The summed E-state index contributed by atoms with van der Waals surface area (Å²) in [4.78, 5) is 11.4. The molecule has 106 valence electrons. The number of benzene rings is 1. The van der Waals surface area contributed by atoms with Crippen molar-refractivity contribution in [2.45, 2.75) is 25.1 Å². The SMILES string of the molecule is CCC(Br)C(=O)Nc1ccc(NS(=O)(=O)CC)cc1. The van der Waals surface area contributed by atoms with Gasteiger partial charge in [-0.1, -0.05) is 22.9 Å². The van der Waals surface area contributed by atoms with Crippen molar-refractivity contribution >= 4 is 43.2 Å². The molecule has 1 aromatic carbocycles. The second kappa shape index (κ2) is 6.91. The number of carbonyl (C=O) groups is 1. The second-order valence-corrected chi connectivity index (χ2v) is 7.06. The number of halogens is 1. The van der Waals surface area contributed by atoms with Crippen LogP contribution in [-0.4, -0.2) is 24.9 Å². The van der Waals surface area contributed by atoms with Gasteiger partial charge >= 0.3 is 0 Å². The summed E-state index contributed by atoms with van der Waals surface area (Å²) < 4.78 is 25.2. The summed E-state index contributed by atoms with van der Waals surface area (Å²) in [7, 11) is -3.27. The van der Waals surface area contributed by atoms with Gasteiger partial charge in [-0.05, 0) is 37.6 Å². The standard InChI is InChI=1S/C12H17BrN2O3S/c1-3-11(13)12(16)14-9-5-7-10(8-6-9)15-19(17,18)4-2/h5-8,11,15H,3-4H2,1-2H3,(H,14,16). The Labute approximate surface area is 122 Å². The molecule has 0 spiro atoms. The van der Waals surface area contributed by atoms with Gasteiger partial charge in [0.15, 0.2) is 0 Å². The number of nitrogens with one attached hydrogen (secondary N) is 2. The van der Waals surface area contributed by atoms with Crippen LogP contribution < -0.4 is 10.0 Å². The molecule has 5 nitrogen and oxygen atoms in total. The Morgan fingerprint density at radius 2 is 1.74 bits per heavy atom. The van der Waals surface area contributed by atoms with E-state index in [0.29, 0.717) is 17.8 Å². The Kier molecular flexibility index (Phi) is 5.81. The summed E-state index contributed by atoms with van der Waals surface area (Å²) in [6.07, 6.45) is 0.695. The molecule has 0 aliphatic heterocycles. The molecule has 0 radical (unpaired) electrons. The first-order valence-electron chi connectivity index (χ1n) is 5.93. The number of amides is 1. The van der Waals surface area contributed by atoms with Gasteiger partial charge in [-0.15, -0.1) is 0 Å². The van der Waals surface area contributed by atoms with E-state index in [4.69, 9.17) is 0 Å². The Balaban J connectivity index is 2.69. The molecule has 0 fully saturated rings. The molecular weight excluding hydrogens is 332 g/mol. The van der Waals surface area contributed by atoms with E-state index in [0.717, 1.165) is 0 Å². The minimum Gasteiger partial charge on any atom is -0.325 e. The molecule has 1 amide bonds. The van der Waals surface area contributed by atoms with Crippen LogP contribution in [0.15, 0.2) is 24.3 Å². The first-order valence-corrected chi connectivity index (χ1v) is 8.50. The lowest BCUT2D eigenvalue weighted by Crippen LogP contribution is -2.22. The molecule has 2 N–H and O–H groups in total. The van der Waals surface area contributed by atoms with Gasteiger partial charge in [-0.3, -0.25) is 9.52 Å². The molecule has 7 heteroatoms. The highest BCUT2D eigenvalue weighted by Gasteiger charge is 2.12. The predicted molar refractivity (Wildman–Crippen MR) is 81.2 cm³/mol. The van der Waals surface area contributed by atoms with Crippen molar-refractivity contribution < 1.29 is 13.2 Å². The fourth-order valence-corrected chi connectivity index (χ4v) is 2.03. The molecule has 0 saturated carbocycles. The van der Waals surface area contributed by atoms with Crippen LogP contribution in [0, 0.1) is 0 Å². The molecule has 1 atom stereocenters. The number of sulfonamides is 1. The predicted octanol–water partition coefficient (Wildman–Crippen LogP) is 2.56. The summed E-state index contributed by atoms with van der Waals surface area (Å²) in [5, 5.41) is 2.73. The van der Waals surface area contributed by atoms with Crippen LogP contribution in [-0.2, 0) is 14.8 Å². The third-order valence-electron chi connectivity index (χ3n) is 2.45. The first kappa shape index (κ1) is 16.0. The summed E-state index contributed by atoms with van der Waals surface area (Å²) in [6, 6.07) is 6.53. The third-order valence-corrected chi connectivity index (χ3v) is 4.82. The average molecular weight is 349 g/mol. The lowest BCUT2D eigenvalue weighted by atomic mass is 10.2. The van der Waals surface area contributed by atoms with Gasteiger partial charge in [-0.2, -0.15) is 0 Å². The number of alkyl halides is 1. The topological polar surface area (TPSA) is 75.3 Å². The zero-order chi connectivity index (χ0) is 14.5. The van der Waals surface area contributed by atoms with Gasteiger partial charge in [-0.25, -0.2) is 8.42 Å². The summed E-state index contributed by atoms with van der Waals surface area (Å²) >= 11 is 3.26. The number of hydrogen-bond donors (Lipinski definition) is 2. The van der Waals surface area contributed by atoms with Gasteiger partial charge in [0.1, 0.15) is 0 Å². The van der Waals surface area contributed by atoms with Gasteiger partial charge < -0.3 is 5.32 Å². The van der Waals surface area contributed by atoms with Crippen LogP contribution in [0.2, 0.25) is 0 Å². The zero-order valence-corrected chi connectivity index (χ0v) is 13.2. The van der Waals surface area contributed by atoms with Crippen LogP contribution in [0.1, 0.15) is 20.3 Å². The monoisotopic (exact) mass is 348 g/mol. The maximum atomic E-state index is 11.6. The molecule has 0 heterocycles. The summed E-state index contributed by atoms with van der Waals surface area (Å²) in [5.74, 6) is -0.0999. The van der Waals surface area contributed by atoms with Crippen molar-refractivity contribution in [3.63, 3.8) is 0 Å². The highest BCUT2D eigenvalue weighted by molar-refractivity contribution is 9.10. The molecular formula is C12H17BrN2O3S. The molecule has 19 heavy (non-hydrogen) atoms. The lowest BCUT2D eigenvalue weighted by Gasteiger charge is -2.10. The summed E-state index contributed by atoms with van der Waals surface area (Å²) in [6.45, 7) is 3.47. The molecule has 0 aliphatic carbocycles. The molecule has 1 aromatic rings. The second-order valence-electron chi connectivity index (χ2n) is 3.95. The van der Waals surface area contributed by atoms with E-state index in [1.54, 1.807) is 31.2 Å². The zero-order valence-electron chi connectivity index (χ0n) is 10.8. The first-order chi connectivity index (χ1) is 8.88. The Bertz CT molecular complexity index is 528.